The Morgan fingerprint density at radius 2 is 2.11 bits per heavy atom. The van der Waals surface area contributed by atoms with Crippen LogP contribution in [0, 0.1) is 0 Å². The van der Waals surface area contributed by atoms with Gasteiger partial charge in [0.25, 0.3) is 0 Å². The zero-order valence-corrected chi connectivity index (χ0v) is 13.7. The lowest BCUT2D eigenvalue weighted by Crippen LogP contribution is -2.20. The fraction of sp³-hybridized carbons (Fsp3) is 0.333. The van der Waals surface area contributed by atoms with Crippen LogP contribution in [0.25, 0.3) is 0 Å². The lowest BCUT2D eigenvalue weighted by Gasteiger charge is -2.24. The lowest BCUT2D eigenvalue weighted by molar-refractivity contribution is 0.694. The van der Waals surface area contributed by atoms with Gasteiger partial charge in [0.2, 0.25) is 0 Å². The number of para-hydroxylation sites is 1. The van der Waals surface area contributed by atoms with Crippen LogP contribution in [0.2, 0.25) is 0 Å². The van der Waals surface area contributed by atoms with Gasteiger partial charge >= 0.3 is 0 Å². The van der Waals surface area contributed by atoms with Crippen molar-refractivity contribution in [3.05, 3.63) is 50.6 Å². The summed E-state index contributed by atoms with van der Waals surface area (Å²) >= 11 is 5.23. The van der Waals surface area contributed by atoms with Crippen molar-refractivity contribution in [3.63, 3.8) is 0 Å². The van der Waals surface area contributed by atoms with Crippen LogP contribution in [0.3, 0.4) is 0 Å². The summed E-state index contributed by atoms with van der Waals surface area (Å²) in [5.41, 5.74) is 9.96. The van der Waals surface area contributed by atoms with Gasteiger partial charge in [-0.25, -0.2) is 0 Å². The maximum absolute atomic E-state index is 6.20. The van der Waals surface area contributed by atoms with Crippen LogP contribution >= 0.6 is 27.3 Å². The molecule has 0 radical (unpaired) electrons. The quantitative estimate of drug-likeness (QED) is 0.865. The van der Waals surface area contributed by atoms with Gasteiger partial charge in [-0.3, -0.25) is 0 Å². The van der Waals surface area contributed by atoms with Crippen molar-refractivity contribution in [2.45, 2.75) is 25.9 Å². The zero-order valence-electron chi connectivity index (χ0n) is 11.3. The van der Waals surface area contributed by atoms with Crippen molar-refractivity contribution < 1.29 is 0 Å². The van der Waals surface area contributed by atoms with E-state index in [-0.39, 0.29) is 6.04 Å². The summed E-state index contributed by atoms with van der Waals surface area (Å²) in [5, 5.41) is 2.18. The molecule has 2 nitrogen and oxygen atoms in total. The van der Waals surface area contributed by atoms with E-state index < -0.39 is 0 Å². The first-order chi connectivity index (χ1) is 9.11. The lowest BCUT2D eigenvalue weighted by atomic mass is 10.0. The Kier molecular flexibility index (Phi) is 5.02. The van der Waals surface area contributed by atoms with Crippen molar-refractivity contribution in [2.24, 2.45) is 5.73 Å². The standard InChI is InChI=1S/C15H19BrN2S/c1-3-13(17)12-6-4-5-7-14(12)18(2)9-11-8-15(16)19-10-11/h4-8,10,13H,3,9,17H2,1-2H3/t13-/m1/s1. The average molecular weight is 339 g/mol. The van der Waals surface area contributed by atoms with E-state index in [1.54, 1.807) is 11.3 Å². The van der Waals surface area contributed by atoms with E-state index in [0.29, 0.717) is 0 Å². The van der Waals surface area contributed by atoms with Crippen molar-refractivity contribution in [3.8, 4) is 0 Å². The molecule has 2 aromatic rings. The van der Waals surface area contributed by atoms with Crippen LogP contribution < -0.4 is 10.6 Å². The highest BCUT2D eigenvalue weighted by Gasteiger charge is 2.12. The SMILES string of the molecule is CC[C@@H](N)c1ccccc1N(C)Cc1csc(Br)c1. The topological polar surface area (TPSA) is 29.3 Å². The van der Waals surface area contributed by atoms with Crippen molar-refractivity contribution >= 4 is 33.0 Å². The fourth-order valence-electron chi connectivity index (χ4n) is 2.16. The second kappa shape index (κ2) is 6.55. The van der Waals surface area contributed by atoms with Crippen molar-refractivity contribution in [1.82, 2.24) is 0 Å². The molecule has 0 bridgehead atoms. The van der Waals surface area contributed by atoms with Gasteiger partial charge in [0.1, 0.15) is 0 Å². The number of nitrogens with two attached hydrogens (primary N) is 1. The maximum Gasteiger partial charge on any atom is 0.0701 e. The highest BCUT2D eigenvalue weighted by molar-refractivity contribution is 9.11. The molecule has 1 heterocycles. The highest BCUT2D eigenvalue weighted by atomic mass is 79.9. The fourth-order valence-corrected chi connectivity index (χ4v) is 3.36. The van der Waals surface area contributed by atoms with E-state index in [1.165, 1.54) is 20.6 Å². The van der Waals surface area contributed by atoms with Gasteiger partial charge in [-0.05, 0) is 51.0 Å². The molecule has 0 aliphatic heterocycles. The second-order valence-corrected chi connectivity index (χ2v) is 6.98. The Balaban J connectivity index is 2.21. The first-order valence-electron chi connectivity index (χ1n) is 6.40. The van der Waals surface area contributed by atoms with Crippen LogP contribution in [-0.2, 0) is 6.54 Å². The number of nitrogens with zero attached hydrogens (tertiary/aromatic N) is 1. The summed E-state index contributed by atoms with van der Waals surface area (Å²) in [6, 6.07) is 10.7. The number of hydrogen-bond donors (Lipinski definition) is 1. The van der Waals surface area contributed by atoms with E-state index in [4.69, 9.17) is 5.73 Å². The average Bonchev–Trinajstić information content (AvgIpc) is 2.83. The van der Waals surface area contributed by atoms with Crippen LogP contribution in [-0.4, -0.2) is 7.05 Å². The minimum Gasteiger partial charge on any atom is -0.370 e. The number of thiophene rings is 1. The third kappa shape index (κ3) is 3.59. The predicted molar refractivity (Wildman–Crippen MR) is 87.8 cm³/mol. The molecular weight excluding hydrogens is 320 g/mol. The highest BCUT2D eigenvalue weighted by Crippen LogP contribution is 2.28. The number of benzene rings is 1. The van der Waals surface area contributed by atoms with Gasteiger partial charge in [0.15, 0.2) is 0 Å². The van der Waals surface area contributed by atoms with Gasteiger partial charge in [0.05, 0.1) is 3.79 Å². The van der Waals surface area contributed by atoms with Crippen molar-refractivity contribution in [2.75, 3.05) is 11.9 Å². The third-order valence-electron chi connectivity index (χ3n) is 3.23. The number of hydrogen-bond acceptors (Lipinski definition) is 3. The Labute approximate surface area is 127 Å². The van der Waals surface area contributed by atoms with E-state index in [1.807, 2.05) is 0 Å². The zero-order chi connectivity index (χ0) is 13.8. The minimum atomic E-state index is 0.105. The molecule has 1 aromatic heterocycles. The molecule has 4 heteroatoms. The Morgan fingerprint density at radius 1 is 1.37 bits per heavy atom. The third-order valence-corrected chi connectivity index (χ3v) is 4.78. The normalized spacial score (nSPS) is 12.4. The van der Waals surface area contributed by atoms with Gasteiger partial charge < -0.3 is 10.6 Å². The predicted octanol–water partition coefficient (Wildman–Crippen LogP) is 4.56. The molecule has 2 N–H and O–H groups in total. The molecule has 0 spiro atoms. The number of halogens is 1. The van der Waals surface area contributed by atoms with E-state index in [0.717, 1.165) is 13.0 Å². The van der Waals surface area contributed by atoms with E-state index >= 15 is 0 Å². The van der Waals surface area contributed by atoms with Gasteiger partial charge in [-0.2, -0.15) is 0 Å². The molecule has 0 saturated heterocycles. The molecule has 1 atom stereocenters. The van der Waals surface area contributed by atoms with Crippen LogP contribution in [0.1, 0.15) is 30.5 Å². The summed E-state index contributed by atoms with van der Waals surface area (Å²) in [6.45, 7) is 3.02. The van der Waals surface area contributed by atoms with Crippen LogP contribution in [0.4, 0.5) is 5.69 Å². The van der Waals surface area contributed by atoms with Gasteiger partial charge in [-0.15, -0.1) is 11.3 Å². The summed E-state index contributed by atoms with van der Waals surface area (Å²) in [4.78, 5) is 2.26. The first-order valence-corrected chi connectivity index (χ1v) is 8.07. The smallest absolute Gasteiger partial charge is 0.0701 e. The monoisotopic (exact) mass is 338 g/mol. The Morgan fingerprint density at radius 3 is 2.74 bits per heavy atom. The molecule has 0 fully saturated rings. The maximum atomic E-state index is 6.20. The molecule has 0 aliphatic rings. The van der Waals surface area contributed by atoms with Gasteiger partial charge in [0, 0.05) is 25.3 Å². The molecule has 0 unspecified atom stereocenters. The Hall–Kier alpha value is -0.840. The largest absolute Gasteiger partial charge is 0.370 e. The molecule has 2 rings (SSSR count). The van der Waals surface area contributed by atoms with Crippen LogP contribution in [0.5, 0.6) is 0 Å². The Bertz CT molecular complexity index is 538. The molecular formula is C15H19BrN2S. The summed E-state index contributed by atoms with van der Waals surface area (Å²) < 4.78 is 1.18. The summed E-state index contributed by atoms with van der Waals surface area (Å²) in [7, 11) is 2.12. The van der Waals surface area contributed by atoms with E-state index in [9.17, 15) is 0 Å². The summed E-state index contributed by atoms with van der Waals surface area (Å²) in [6.07, 6.45) is 0.953. The van der Waals surface area contributed by atoms with Crippen molar-refractivity contribution in [1.29, 1.82) is 0 Å². The first kappa shape index (κ1) is 14.6. The molecule has 1 aromatic carbocycles. The number of rotatable bonds is 5. The van der Waals surface area contributed by atoms with Gasteiger partial charge in [-0.1, -0.05) is 25.1 Å². The molecule has 0 aliphatic carbocycles. The summed E-state index contributed by atoms with van der Waals surface area (Å²) in [5.74, 6) is 0. The molecule has 102 valence electrons. The molecule has 0 saturated carbocycles. The molecule has 19 heavy (non-hydrogen) atoms. The molecule has 0 amide bonds. The minimum absolute atomic E-state index is 0.105. The number of anilines is 1. The van der Waals surface area contributed by atoms with Crippen LogP contribution in [0.15, 0.2) is 39.5 Å². The second-order valence-electron chi connectivity index (χ2n) is 4.69. The van der Waals surface area contributed by atoms with E-state index in [2.05, 4.69) is 70.5 Å².